The minimum absolute atomic E-state index is 0.131. The second kappa shape index (κ2) is 3.38. The number of methoxy groups -OCH3 is 1. The van der Waals surface area contributed by atoms with Crippen molar-refractivity contribution in [2.24, 2.45) is 0 Å². The van der Waals surface area contributed by atoms with Crippen LogP contribution in [0.15, 0.2) is 24.3 Å². The van der Waals surface area contributed by atoms with Crippen LogP contribution in [-0.4, -0.2) is 18.3 Å². The van der Waals surface area contributed by atoms with Crippen molar-refractivity contribution in [1.29, 1.82) is 0 Å². The SMILES string of the molecule is COc1ccc([C@@H]2CC[C@H]2O)cc1. The molecule has 13 heavy (non-hydrogen) atoms. The summed E-state index contributed by atoms with van der Waals surface area (Å²) in [4.78, 5) is 0. The Morgan fingerprint density at radius 3 is 2.31 bits per heavy atom. The molecule has 2 atom stereocenters. The molecule has 2 nitrogen and oxygen atoms in total. The summed E-state index contributed by atoms with van der Waals surface area (Å²) < 4.78 is 5.06. The number of benzene rings is 1. The average Bonchev–Trinajstić information content (AvgIpc) is 2.17. The Morgan fingerprint density at radius 2 is 1.92 bits per heavy atom. The van der Waals surface area contributed by atoms with Crippen LogP contribution in [0.2, 0.25) is 0 Å². The van der Waals surface area contributed by atoms with Gasteiger partial charge in [-0.2, -0.15) is 0 Å². The number of ether oxygens (including phenoxy) is 1. The van der Waals surface area contributed by atoms with E-state index in [1.807, 2.05) is 24.3 Å². The quantitative estimate of drug-likeness (QED) is 0.749. The lowest BCUT2D eigenvalue weighted by atomic mass is 9.77. The molecular weight excluding hydrogens is 164 g/mol. The molecule has 0 aromatic heterocycles. The smallest absolute Gasteiger partial charge is 0.118 e. The minimum atomic E-state index is -0.131. The molecule has 70 valence electrons. The summed E-state index contributed by atoms with van der Waals surface area (Å²) >= 11 is 0. The minimum Gasteiger partial charge on any atom is -0.497 e. The van der Waals surface area contributed by atoms with Gasteiger partial charge in [-0.1, -0.05) is 12.1 Å². The molecule has 0 heterocycles. The van der Waals surface area contributed by atoms with E-state index in [-0.39, 0.29) is 6.10 Å². The molecule has 2 rings (SSSR count). The second-order valence-electron chi connectivity index (χ2n) is 3.52. The number of hydrogen-bond donors (Lipinski definition) is 1. The fourth-order valence-corrected chi connectivity index (χ4v) is 1.72. The van der Waals surface area contributed by atoms with Crippen molar-refractivity contribution < 1.29 is 9.84 Å². The van der Waals surface area contributed by atoms with Crippen LogP contribution in [0.1, 0.15) is 24.3 Å². The molecule has 0 bridgehead atoms. The Morgan fingerprint density at radius 1 is 1.23 bits per heavy atom. The lowest BCUT2D eigenvalue weighted by molar-refractivity contribution is 0.0661. The van der Waals surface area contributed by atoms with Crippen molar-refractivity contribution in [3.8, 4) is 5.75 Å². The second-order valence-corrected chi connectivity index (χ2v) is 3.52. The number of aliphatic hydroxyl groups excluding tert-OH is 1. The molecule has 0 saturated heterocycles. The van der Waals surface area contributed by atoms with Gasteiger partial charge in [0.25, 0.3) is 0 Å². The maximum atomic E-state index is 9.46. The summed E-state index contributed by atoms with van der Waals surface area (Å²) in [6, 6.07) is 7.96. The lowest BCUT2D eigenvalue weighted by Gasteiger charge is -2.32. The van der Waals surface area contributed by atoms with E-state index >= 15 is 0 Å². The Balaban J connectivity index is 2.13. The first-order valence-electron chi connectivity index (χ1n) is 4.63. The zero-order chi connectivity index (χ0) is 9.26. The van der Waals surface area contributed by atoms with E-state index in [0.717, 1.165) is 18.6 Å². The monoisotopic (exact) mass is 178 g/mol. The Bertz CT molecular complexity index is 279. The summed E-state index contributed by atoms with van der Waals surface area (Å²) in [5, 5.41) is 9.46. The third-order valence-electron chi connectivity index (χ3n) is 2.78. The van der Waals surface area contributed by atoms with Crippen LogP contribution in [0, 0.1) is 0 Å². The largest absolute Gasteiger partial charge is 0.497 e. The predicted octanol–water partition coefficient (Wildman–Crippen LogP) is 1.93. The normalized spacial score (nSPS) is 26.6. The molecule has 1 fully saturated rings. The Labute approximate surface area is 78.2 Å². The molecule has 1 aliphatic carbocycles. The molecule has 0 radical (unpaired) electrons. The molecule has 1 aromatic rings. The molecular formula is C11H14O2. The fraction of sp³-hybridized carbons (Fsp3) is 0.455. The summed E-state index contributed by atoms with van der Waals surface area (Å²) in [5.41, 5.74) is 1.22. The van der Waals surface area contributed by atoms with Crippen LogP contribution < -0.4 is 4.74 Å². The molecule has 2 heteroatoms. The molecule has 0 unspecified atom stereocenters. The van der Waals surface area contributed by atoms with Crippen molar-refractivity contribution in [1.82, 2.24) is 0 Å². The molecule has 1 N–H and O–H groups in total. The molecule has 0 spiro atoms. The number of rotatable bonds is 2. The first-order valence-corrected chi connectivity index (χ1v) is 4.63. The zero-order valence-corrected chi connectivity index (χ0v) is 7.73. The molecule has 0 amide bonds. The average molecular weight is 178 g/mol. The molecule has 1 saturated carbocycles. The van der Waals surface area contributed by atoms with Crippen LogP contribution in [0.5, 0.6) is 5.75 Å². The molecule has 0 aliphatic heterocycles. The number of hydrogen-bond acceptors (Lipinski definition) is 2. The summed E-state index contributed by atoms with van der Waals surface area (Å²) in [5.74, 6) is 1.23. The third-order valence-corrected chi connectivity index (χ3v) is 2.78. The van der Waals surface area contributed by atoms with Crippen LogP contribution in [0.4, 0.5) is 0 Å². The van der Waals surface area contributed by atoms with Crippen LogP contribution >= 0.6 is 0 Å². The van der Waals surface area contributed by atoms with Crippen LogP contribution in [0.3, 0.4) is 0 Å². The van der Waals surface area contributed by atoms with E-state index < -0.39 is 0 Å². The molecule has 1 aromatic carbocycles. The first-order chi connectivity index (χ1) is 6.31. The van der Waals surface area contributed by atoms with Gasteiger partial charge in [0.1, 0.15) is 5.75 Å². The zero-order valence-electron chi connectivity index (χ0n) is 7.73. The van der Waals surface area contributed by atoms with Gasteiger partial charge in [-0.25, -0.2) is 0 Å². The van der Waals surface area contributed by atoms with Crippen LogP contribution in [0.25, 0.3) is 0 Å². The fourth-order valence-electron chi connectivity index (χ4n) is 1.72. The Hall–Kier alpha value is -1.02. The maximum absolute atomic E-state index is 9.46. The first kappa shape index (κ1) is 8.57. The van der Waals surface area contributed by atoms with Gasteiger partial charge in [-0.15, -0.1) is 0 Å². The van der Waals surface area contributed by atoms with Gasteiger partial charge in [0.2, 0.25) is 0 Å². The van der Waals surface area contributed by atoms with Gasteiger partial charge in [0.05, 0.1) is 13.2 Å². The van der Waals surface area contributed by atoms with Crippen molar-refractivity contribution in [2.75, 3.05) is 7.11 Å². The summed E-state index contributed by atoms with van der Waals surface area (Å²) in [6.45, 7) is 0. The van der Waals surface area contributed by atoms with Gasteiger partial charge in [0.15, 0.2) is 0 Å². The van der Waals surface area contributed by atoms with Gasteiger partial charge in [-0.3, -0.25) is 0 Å². The van der Waals surface area contributed by atoms with E-state index in [9.17, 15) is 5.11 Å². The van der Waals surface area contributed by atoms with Crippen LogP contribution in [-0.2, 0) is 0 Å². The van der Waals surface area contributed by atoms with Gasteiger partial charge < -0.3 is 9.84 Å². The highest BCUT2D eigenvalue weighted by Gasteiger charge is 2.29. The van der Waals surface area contributed by atoms with E-state index in [0.29, 0.717) is 5.92 Å². The van der Waals surface area contributed by atoms with Crippen molar-refractivity contribution in [3.05, 3.63) is 29.8 Å². The third kappa shape index (κ3) is 1.54. The van der Waals surface area contributed by atoms with E-state index in [2.05, 4.69) is 0 Å². The van der Waals surface area contributed by atoms with E-state index in [4.69, 9.17) is 4.74 Å². The van der Waals surface area contributed by atoms with Gasteiger partial charge in [-0.05, 0) is 30.5 Å². The van der Waals surface area contributed by atoms with E-state index in [1.54, 1.807) is 7.11 Å². The highest BCUT2D eigenvalue weighted by atomic mass is 16.5. The van der Waals surface area contributed by atoms with Gasteiger partial charge >= 0.3 is 0 Å². The molecule has 1 aliphatic rings. The predicted molar refractivity (Wildman–Crippen MR) is 51.0 cm³/mol. The Kier molecular flexibility index (Phi) is 2.23. The number of aliphatic hydroxyl groups is 1. The highest BCUT2D eigenvalue weighted by Crippen LogP contribution is 2.37. The van der Waals surface area contributed by atoms with Crippen molar-refractivity contribution in [3.63, 3.8) is 0 Å². The summed E-state index contributed by atoms with van der Waals surface area (Å²) in [7, 11) is 1.66. The highest BCUT2D eigenvalue weighted by molar-refractivity contribution is 5.31. The van der Waals surface area contributed by atoms with Crippen molar-refractivity contribution >= 4 is 0 Å². The van der Waals surface area contributed by atoms with E-state index in [1.165, 1.54) is 5.56 Å². The van der Waals surface area contributed by atoms with Gasteiger partial charge in [0, 0.05) is 5.92 Å². The lowest BCUT2D eigenvalue weighted by Crippen LogP contribution is -2.28. The summed E-state index contributed by atoms with van der Waals surface area (Å²) in [6.07, 6.45) is 1.91. The maximum Gasteiger partial charge on any atom is 0.118 e. The standard InChI is InChI=1S/C11H14O2/c1-13-9-4-2-8(3-5-9)10-6-7-11(10)12/h2-5,10-12H,6-7H2,1H3/t10-,11+/m0/s1. The topological polar surface area (TPSA) is 29.5 Å². The van der Waals surface area contributed by atoms with Crippen molar-refractivity contribution in [2.45, 2.75) is 24.9 Å².